The smallest absolute Gasteiger partial charge is 0.223 e. The van der Waals surface area contributed by atoms with Gasteiger partial charge in [-0.3, -0.25) is 4.68 Å². The van der Waals surface area contributed by atoms with Crippen molar-refractivity contribution in [2.24, 2.45) is 18.7 Å². The van der Waals surface area contributed by atoms with Crippen molar-refractivity contribution in [1.82, 2.24) is 25.0 Å². The van der Waals surface area contributed by atoms with Gasteiger partial charge in [0, 0.05) is 25.3 Å². The minimum Gasteiger partial charge on any atom is -0.351 e. The van der Waals surface area contributed by atoms with Gasteiger partial charge in [0.05, 0.1) is 5.69 Å². The summed E-state index contributed by atoms with van der Waals surface area (Å²) in [5.74, 6) is 1.47. The minimum atomic E-state index is 0.344. The zero-order valence-electron chi connectivity index (χ0n) is 15.8. The third kappa shape index (κ3) is 3.72. The van der Waals surface area contributed by atoms with Crippen molar-refractivity contribution in [3.8, 4) is 11.4 Å². The van der Waals surface area contributed by atoms with E-state index in [0.29, 0.717) is 18.0 Å². The zero-order chi connectivity index (χ0) is 18.1. The molecule has 0 aliphatic heterocycles. The summed E-state index contributed by atoms with van der Waals surface area (Å²) in [5.41, 5.74) is 10.2. The van der Waals surface area contributed by atoms with Crippen molar-refractivity contribution in [2.45, 2.75) is 70.4 Å². The molecule has 3 N–H and O–H groups in total. The number of nitrogens with two attached hydrogens (primary N) is 1. The first-order valence-electron chi connectivity index (χ1n) is 9.91. The van der Waals surface area contributed by atoms with E-state index in [4.69, 9.17) is 10.7 Å². The molecule has 0 atom stereocenters. The van der Waals surface area contributed by atoms with Crippen LogP contribution in [0.1, 0.15) is 56.7 Å². The second-order valence-corrected chi connectivity index (χ2v) is 7.83. The van der Waals surface area contributed by atoms with E-state index >= 15 is 0 Å². The second-order valence-electron chi connectivity index (χ2n) is 7.83. The van der Waals surface area contributed by atoms with E-state index < -0.39 is 0 Å². The average Bonchev–Trinajstić information content (AvgIpc) is 3.40. The molecule has 2 aromatic rings. The van der Waals surface area contributed by atoms with Crippen LogP contribution in [0.4, 0.5) is 5.95 Å². The third-order valence-corrected chi connectivity index (χ3v) is 5.70. The number of anilines is 1. The number of hydrogen-bond donors (Lipinski definition) is 2. The zero-order valence-corrected chi connectivity index (χ0v) is 15.8. The Morgan fingerprint density at radius 1 is 1.15 bits per heavy atom. The van der Waals surface area contributed by atoms with Crippen LogP contribution >= 0.6 is 0 Å². The van der Waals surface area contributed by atoms with Crippen molar-refractivity contribution in [3.05, 3.63) is 17.5 Å². The summed E-state index contributed by atoms with van der Waals surface area (Å²) in [6.07, 6.45) is 10.8. The van der Waals surface area contributed by atoms with E-state index in [1.807, 2.05) is 17.9 Å². The van der Waals surface area contributed by atoms with Gasteiger partial charge in [0.2, 0.25) is 5.95 Å². The van der Waals surface area contributed by atoms with Crippen LogP contribution in [0, 0.1) is 5.92 Å². The Hall–Kier alpha value is -2.02. The number of nitrogens with zero attached hydrogens (tertiary/aromatic N) is 5. The number of rotatable bonds is 6. The molecule has 2 fully saturated rings. The molecule has 2 saturated carbocycles. The van der Waals surface area contributed by atoms with Crippen LogP contribution < -0.4 is 11.1 Å². The van der Waals surface area contributed by atoms with Crippen molar-refractivity contribution in [3.63, 3.8) is 0 Å². The van der Waals surface area contributed by atoms with Gasteiger partial charge in [-0.05, 0) is 62.8 Å². The fourth-order valence-electron chi connectivity index (χ4n) is 3.77. The van der Waals surface area contributed by atoms with Crippen LogP contribution in [0.25, 0.3) is 11.4 Å². The van der Waals surface area contributed by atoms with E-state index in [1.165, 1.54) is 18.5 Å². The van der Waals surface area contributed by atoms with Crippen LogP contribution in [0.3, 0.4) is 0 Å². The van der Waals surface area contributed by atoms with Gasteiger partial charge in [-0.2, -0.15) is 0 Å². The number of aryl methyl sites for hydroxylation is 2. The monoisotopic (exact) mass is 355 g/mol. The van der Waals surface area contributed by atoms with E-state index in [2.05, 4.69) is 27.5 Å². The summed E-state index contributed by atoms with van der Waals surface area (Å²) in [4.78, 5) is 9.41. The van der Waals surface area contributed by atoms with Crippen molar-refractivity contribution in [1.29, 1.82) is 0 Å². The molecule has 2 heterocycles. The summed E-state index contributed by atoms with van der Waals surface area (Å²) in [5, 5.41) is 12.2. The van der Waals surface area contributed by atoms with Crippen LogP contribution in [0.5, 0.6) is 0 Å². The first-order chi connectivity index (χ1) is 12.6. The lowest BCUT2D eigenvalue weighted by molar-refractivity contribution is 0.410. The Morgan fingerprint density at radius 3 is 2.62 bits per heavy atom. The quantitative estimate of drug-likeness (QED) is 0.826. The highest BCUT2D eigenvalue weighted by molar-refractivity contribution is 5.62. The molecule has 0 bridgehead atoms. The largest absolute Gasteiger partial charge is 0.351 e. The maximum Gasteiger partial charge on any atom is 0.223 e. The predicted octanol–water partition coefficient (Wildman–Crippen LogP) is 2.47. The fraction of sp³-hybridized carbons (Fsp3) is 0.684. The van der Waals surface area contributed by atoms with E-state index in [1.54, 1.807) is 0 Å². The number of hydrogen-bond acceptors (Lipinski definition) is 6. The van der Waals surface area contributed by atoms with E-state index in [-0.39, 0.29) is 0 Å². The Kier molecular flexibility index (Phi) is 4.89. The highest BCUT2D eigenvalue weighted by atomic mass is 15.4. The Bertz CT molecular complexity index is 757. The molecule has 2 aromatic heterocycles. The van der Waals surface area contributed by atoms with Gasteiger partial charge in [-0.15, -0.1) is 5.10 Å². The molecule has 7 nitrogen and oxygen atoms in total. The van der Waals surface area contributed by atoms with Crippen molar-refractivity contribution >= 4 is 5.95 Å². The van der Waals surface area contributed by atoms with Crippen molar-refractivity contribution < 1.29 is 0 Å². The van der Waals surface area contributed by atoms with Gasteiger partial charge in [0.15, 0.2) is 0 Å². The van der Waals surface area contributed by atoms with Gasteiger partial charge >= 0.3 is 0 Å². The summed E-state index contributed by atoms with van der Waals surface area (Å²) in [6, 6.07) is 0.750. The molecule has 0 amide bonds. The molecule has 26 heavy (non-hydrogen) atoms. The summed E-state index contributed by atoms with van der Waals surface area (Å²) in [6.45, 7) is 2.13. The van der Waals surface area contributed by atoms with Crippen LogP contribution in [0.2, 0.25) is 0 Å². The molecular formula is C19H29N7. The van der Waals surface area contributed by atoms with Gasteiger partial charge in [-0.1, -0.05) is 12.1 Å². The SMILES string of the molecule is CCc1cnc(N[C@H]2CC[C@H](N)CC2)nc1-c1nnn(C)c1CC1CC1. The normalized spacial score (nSPS) is 23.2. The maximum atomic E-state index is 6.02. The van der Waals surface area contributed by atoms with Gasteiger partial charge in [0.1, 0.15) is 11.4 Å². The first-order valence-corrected chi connectivity index (χ1v) is 9.91. The van der Waals surface area contributed by atoms with Gasteiger partial charge < -0.3 is 11.1 Å². The molecule has 7 heteroatoms. The molecule has 0 spiro atoms. The molecule has 0 aromatic carbocycles. The summed E-state index contributed by atoms with van der Waals surface area (Å²) in [7, 11) is 1.98. The molecule has 140 valence electrons. The Morgan fingerprint density at radius 2 is 1.92 bits per heavy atom. The molecule has 2 aliphatic carbocycles. The van der Waals surface area contributed by atoms with E-state index in [9.17, 15) is 0 Å². The number of aromatic nitrogens is 5. The summed E-state index contributed by atoms with van der Waals surface area (Å²) < 4.78 is 1.91. The molecule has 4 rings (SSSR count). The van der Waals surface area contributed by atoms with Crippen LogP contribution in [0.15, 0.2) is 6.20 Å². The summed E-state index contributed by atoms with van der Waals surface area (Å²) >= 11 is 0. The highest BCUT2D eigenvalue weighted by Crippen LogP contribution is 2.35. The molecular weight excluding hydrogens is 326 g/mol. The maximum absolute atomic E-state index is 6.02. The molecule has 0 radical (unpaired) electrons. The average molecular weight is 355 g/mol. The first kappa shape index (κ1) is 17.4. The Labute approximate surface area is 154 Å². The standard InChI is InChI=1S/C19H29N7/c1-3-13-11-21-19(22-15-8-6-14(20)7-9-15)23-17(13)18-16(10-12-4-5-12)26(2)25-24-18/h11-12,14-15H,3-10,20H2,1-2H3,(H,21,22,23)/t14-,15-. The highest BCUT2D eigenvalue weighted by Gasteiger charge is 2.27. The second kappa shape index (κ2) is 7.31. The Balaban J connectivity index is 1.60. The fourth-order valence-corrected chi connectivity index (χ4v) is 3.77. The predicted molar refractivity (Wildman–Crippen MR) is 102 cm³/mol. The topological polar surface area (TPSA) is 94.5 Å². The van der Waals surface area contributed by atoms with Gasteiger partial charge in [-0.25, -0.2) is 9.97 Å². The lowest BCUT2D eigenvalue weighted by Gasteiger charge is -2.26. The van der Waals surface area contributed by atoms with Crippen LogP contribution in [-0.4, -0.2) is 37.0 Å². The third-order valence-electron chi connectivity index (χ3n) is 5.70. The van der Waals surface area contributed by atoms with Gasteiger partial charge in [0.25, 0.3) is 0 Å². The molecule has 0 saturated heterocycles. The van der Waals surface area contributed by atoms with Crippen molar-refractivity contribution in [2.75, 3.05) is 5.32 Å². The molecule has 0 unspecified atom stereocenters. The lowest BCUT2D eigenvalue weighted by atomic mass is 9.92. The lowest BCUT2D eigenvalue weighted by Crippen LogP contribution is -2.33. The number of nitrogens with one attached hydrogen (secondary N) is 1. The minimum absolute atomic E-state index is 0.344. The van der Waals surface area contributed by atoms with E-state index in [0.717, 1.165) is 61.4 Å². The van der Waals surface area contributed by atoms with Crippen LogP contribution in [-0.2, 0) is 19.9 Å². The molecule has 2 aliphatic rings.